The fourth-order valence-electron chi connectivity index (χ4n) is 6.69. The number of fused-ring (bicyclic) bond motifs is 6. The number of nitrogens with zero attached hydrogens (tertiary/aromatic N) is 4. The summed E-state index contributed by atoms with van der Waals surface area (Å²) in [6, 6.07) is 36.8. The van der Waals surface area contributed by atoms with Crippen molar-refractivity contribution in [2.75, 3.05) is 0 Å². The van der Waals surface area contributed by atoms with E-state index in [-0.39, 0.29) is 10.8 Å². The number of benzene rings is 5. The third-order valence-corrected chi connectivity index (χ3v) is 9.20. The Bertz CT molecular complexity index is 2420. The van der Waals surface area contributed by atoms with Crippen LogP contribution in [0.4, 0.5) is 0 Å². The zero-order valence-corrected chi connectivity index (χ0v) is 26.9. The van der Waals surface area contributed by atoms with Gasteiger partial charge in [-0.3, -0.25) is 0 Å². The normalized spacial score (nSPS) is 12.3. The molecule has 0 unspecified atom stereocenters. The Kier molecular flexibility index (Phi) is 6.23. The molecule has 5 aromatic carbocycles. The highest BCUT2D eigenvalue weighted by Gasteiger charge is 2.21. The topological polar surface area (TPSA) is 57.4 Å². The third-order valence-electron chi connectivity index (χ3n) is 9.20. The molecule has 0 fully saturated rings. The number of nitriles is 2. The zero-order valence-electron chi connectivity index (χ0n) is 26.9. The maximum absolute atomic E-state index is 9.70. The van der Waals surface area contributed by atoms with Crippen LogP contribution in [-0.4, -0.2) is 9.13 Å². The van der Waals surface area contributed by atoms with Gasteiger partial charge in [-0.1, -0.05) is 53.7 Å². The number of rotatable bonds is 2. The first kappa shape index (κ1) is 28.5. The number of hydrogen-bond donors (Lipinski definition) is 0. The molecule has 0 aliphatic heterocycles. The summed E-state index contributed by atoms with van der Waals surface area (Å²) < 4.78 is 4.65. The molecule has 4 heteroatoms. The molecule has 2 aromatic heterocycles. The van der Waals surface area contributed by atoms with E-state index in [0.717, 1.165) is 60.5 Å². The minimum absolute atomic E-state index is 0.0109. The Hall–Kier alpha value is -5.32. The minimum Gasteiger partial charge on any atom is -0.309 e. The van der Waals surface area contributed by atoms with Gasteiger partial charge >= 0.3 is 0 Å². The van der Waals surface area contributed by atoms with Crippen molar-refractivity contribution in [3.63, 3.8) is 0 Å². The Labute approximate surface area is 264 Å². The Morgan fingerprint density at radius 3 is 1.33 bits per heavy atom. The van der Waals surface area contributed by atoms with Crippen LogP contribution in [0.1, 0.15) is 69.4 Å². The van der Waals surface area contributed by atoms with Gasteiger partial charge in [0.25, 0.3) is 0 Å². The molecule has 45 heavy (non-hydrogen) atoms. The molecule has 0 atom stereocenters. The molecule has 7 aromatic rings. The largest absolute Gasteiger partial charge is 0.309 e. The highest BCUT2D eigenvalue weighted by atomic mass is 15.0. The molecule has 0 N–H and O–H groups in total. The lowest BCUT2D eigenvalue weighted by Crippen LogP contribution is -2.10. The van der Waals surface area contributed by atoms with E-state index in [0.29, 0.717) is 11.1 Å². The van der Waals surface area contributed by atoms with Crippen LogP contribution in [0.3, 0.4) is 0 Å². The van der Waals surface area contributed by atoms with E-state index >= 15 is 0 Å². The van der Waals surface area contributed by atoms with Gasteiger partial charge in [0.15, 0.2) is 0 Å². The maximum atomic E-state index is 9.70. The monoisotopic (exact) mass is 584 g/mol. The van der Waals surface area contributed by atoms with Crippen LogP contribution in [0.25, 0.3) is 55.0 Å². The third kappa shape index (κ3) is 4.49. The fraction of sp³-hybridized carbons (Fsp3) is 0.220. The molecule has 0 amide bonds. The Morgan fingerprint density at radius 1 is 0.489 bits per heavy atom. The lowest BCUT2D eigenvalue weighted by molar-refractivity contribution is 0.591. The summed E-state index contributed by atoms with van der Waals surface area (Å²) in [6.45, 7) is 15.6. The molecule has 0 spiro atoms. The number of aromatic nitrogens is 2. The Balaban J connectivity index is 1.47. The van der Waals surface area contributed by atoms with Crippen molar-refractivity contribution < 1.29 is 0 Å². The first-order valence-electron chi connectivity index (χ1n) is 15.5. The smallest absolute Gasteiger partial charge is 0.0991 e. The summed E-state index contributed by atoms with van der Waals surface area (Å²) in [5.74, 6) is 0. The highest BCUT2D eigenvalue weighted by molar-refractivity contribution is 6.11. The predicted molar refractivity (Wildman–Crippen MR) is 187 cm³/mol. The van der Waals surface area contributed by atoms with Gasteiger partial charge in [0.1, 0.15) is 0 Å². The molecule has 0 saturated carbocycles. The van der Waals surface area contributed by atoms with Gasteiger partial charge in [0, 0.05) is 32.9 Å². The van der Waals surface area contributed by atoms with Crippen molar-refractivity contribution in [1.29, 1.82) is 10.5 Å². The lowest BCUT2D eigenvalue weighted by atomic mass is 9.86. The minimum atomic E-state index is 0.0109. The molecule has 0 aliphatic rings. The molecule has 0 aliphatic carbocycles. The second kappa shape index (κ2) is 9.85. The summed E-state index contributed by atoms with van der Waals surface area (Å²) in [5, 5.41) is 23.9. The SMILES string of the molecule is Cc1cc(-n2c3ccc(C#N)cc3c3cc(C(C)(C)C)ccc32)ccc1-n1c2ccc(C#N)cc2c2cc(C(C)(C)C)ccc21. The van der Waals surface area contributed by atoms with Crippen LogP contribution in [0.15, 0.2) is 91.0 Å². The molecule has 0 saturated heterocycles. The summed E-state index contributed by atoms with van der Waals surface area (Å²) in [7, 11) is 0. The van der Waals surface area contributed by atoms with E-state index in [1.165, 1.54) is 11.1 Å². The summed E-state index contributed by atoms with van der Waals surface area (Å²) in [5.41, 5.74) is 11.6. The van der Waals surface area contributed by atoms with E-state index in [2.05, 4.69) is 136 Å². The van der Waals surface area contributed by atoms with E-state index in [1.807, 2.05) is 24.3 Å². The van der Waals surface area contributed by atoms with E-state index < -0.39 is 0 Å². The van der Waals surface area contributed by atoms with Crippen molar-refractivity contribution in [2.45, 2.75) is 59.3 Å². The van der Waals surface area contributed by atoms with Gasteiger partial charge in [0.05, 0.1) is 45.3 Å². The van der Waals surface area contributed by atoms with Gasteiger partial charge in [0.2, 0.25) is 0 Å². The predicted octanol–water partition coefficient (Wildman–Crippen LogP) is 10.5. The quantitative estimate of drug-likeness (QED) is 0.203. The lowest BCUT2D eigenvalue weighted by Gasteiger charge is -2.19. The first-order valence-corrected chi connectivity index (χ1v) is 15.5. The summed E-state index contributed by atoms with van der Waals surface area (Å²) in [6.07, 6.45) is 0. The van der Waals surface area contributed by atoms with E-state index in [9.17, 15) is 10.5 Å². The standard InChI is InChI=1S/C41H36N4/c1-25-18-30(44-36-13-8-26(23-42)19-31(36)33-21-28(40(2,3)4)10-15-37(33)44)12-17-35(25)45-38-14-9-27(24-43)20-32(38)34-22-29(41(5,6)7)11-16-39(34)45/h8-22H,1-7H3. The summed E-state index contributed by atoms with van der Waals surface area (Å²) in [4.78, 5) is 0. The molecule has 0 bridgehead atoms. The van der Waals surface area contributed by atoms with Crippen molar-refractivity contribution in [1.82, 2.24) is 9.13 Å². The van der Waals surface area contributed by atoms with Gasteiger partial charge in [-0.2, -0.15) is 10.5 Å². The highest BCUT2D eigenvalue weighted by Crippen LogP contribution is 2.39. The fourth-order valence-corrected chi connectivity index (χ4v) is 6.69. The van der Waals surface area contributed by atoms with Crippen LogP contribution in [0.2, 0.25) is 0 Å². The van der Waals surface area contributed by atoms with Crippen molar-refractivity contribution in [3.8, 4) is 23.5 Å². The maximum Gasteiger partial charge on any atom is 0.0991 e. The van der Waals surface area contributed by atoms with Gasteiger partial charge in [-0.05, 0) is 113 Å². The van der Waals surface area contributed by atoms with Crippen molar-refractivity contribution in [2.24, 2.45) is 0 Å². The van der Waals surface area contributed by atoms with Crippen LogP contribution in [0, 0.1) is 29.6 Å². The summed E-state index contributed by atoms with van der Waals surface area (Å²) >= 11 is 0. The van der Waals surface area contributed by atoms with Gasteiger partial charge in [-0.15, -0.1) is 0 Å². The first-order chi connectivity index (χ1) is 21.4. The number of hydrogen-bond acceptors (Lipinski definition) is 2. The van der Waals surface area contributed by atoms with Crippen LogP contribution in [0.5, 0.6) is 0 Å². The molecule has 0 radical (unpaired) electrons. The van der Waals surface area contributed by atoms with Crippen molar-refractivity contribution in [3.05, 3.63) is 119 Å². The molecule has 2 heterocycles. The number of aryl methyl sites for hydroxylation is 1. The van der Waals surface area contributed by atoms with Crippen LogP contribution < -0.4 is 0 Å². The zero-order chi connectivity index (χ0) is 31.8. The average molecular weight is 585 g/mol. The van der Waals surface area contributed by atoms with E-state index in [1.54, 1.807) is 0 Å². The Morgan fingerprint density at radius 2 is 0.911 bits per heavy atom. The van der Waals surface area contributed by atoms with Gasteiger partial charge < -0.3 is 9.13 Å². The molecule has 7 rings (SSSR count). The molecule has 4 nitrogen and oxygen atoms in total. The molecular weight excluding hydrogens is 548 g/mol. The van der Waals surface area contributed by atoms with Crippen LogP contribution in [-0.2, 0) is 10.8 Å². The average Bonchev–Trinajstić information content (AvgIpc) is 3.51. The van der Waals surface area contributed by atoms with E-state index in [4.69, 9.17) is 0 Å². The molecule has 220 valence electrons. The second-order valence-corrected chi connectivity index (χ2v) is 14.3. The van der Waals surface area contributed by atoms with Gasteiger partial charge in [-0.25, -0.2) is 0 Å². The van der Waals surface area contributed by atoms with Crippen molar-refractivity contribution >= 4 is 43.6 Å². The van der Waals surface area contributed by atoms with Crippen LogP contribution >= 0.6 is 0 Å². The molecular formula is C41H36N4. The second-order valence-electron chi connectivity index (χ2n) is 14.3.